The Labute approximate surface area is 252 Å². The Balaban J connectivity index is 1.63. The summed E-state index contributed by atoms with van der Waals surface area (Å²) in [7, 11) is 0. The standard InChI is InChI=1S/C29H44Cl2N4O6/c1-25(2,3)20(34-24(40)41-26(4,5)6)23(39)35-15-28(27(11-8-12-27)29(28,30)31)14-18(35)22(38)33-17(19(36)21(32)37)13-16-9-7-10-16/h16-18,20H,7-15H2,1-6H3,(H2,32,37)(H,33,38)(H,34,40)/t17?,18-,20+,28-/m0/s1. The number of nitrogens with zero attached hydrogens (tertiary/aromatic N) is 1. The summed E-state index contributed by atoms with van der Waals surface area (Å²) in [5.74, 6) is -2.80. The molecule has 0 aromatic carbocycles. The smallest absolute Gasteiger partial charge is 0.408 e. The summed E-state index contributed by atoms with van der Waals surface area (Å²) in [5, 5.41) is 5.47. The van der Waals surface area contributed by atoms with Crippen molar-refractivity contribution in [2.45, 2.75) is 121 Å². The molecule has 4 aliphatic rings. The maximum absolute atomic E-state index is 14.3. The largest absolute Gasteiger partial charge is 0.444 e. The second-order valence-corrected chi connectivity index (χ2v) is 15.9. The van der Waals surface area contributed by atoms with Crippen molar-refractivity contribution in [2.24, 2.45) is 27.9 Å². The Hall–Kier alpha value is -2.07. The van der Waals surface area contributed by atoms with Gasteiger partial charge >= 0.3 is 6.09 Å². The van der Waals surface area contributed by atoms with Crippen molar-refractivity contribution in [3.8, 4) is 0 Å². The Morgan fingerprint density at radius 2 is 1.59 bits per heavy atom. The maximum atomic E-state index is 14.3. The number of alkyl carbamates (subject to hydrolysis) is 1. The van der Waals surface area contributed by atoms with Crippen molar-refractivity contribution in [3.05, 3.63) is 0 Å². The fraction of sp³-hybridized carbons (Fsp3) is 0.828. The number of carbonyl (C=O) groups is 5. The minimum atomic E-state index is -1.12. The van der Waals surface area contributed by atoms with Gasteiger partial charge in [-0.2, -0.15) is 0 Å². The molecule has 1 heterocycles. The van der Waals surface area contributed by atoms with E-state index in [2.05, 4.69) is 10.6 Å². The predicted octanol–water partition coefficient (Wildman–Crippen LogP) is 3.60. The van der Waals surface area contributed by atoms with Crippen LogP contribution in [0.25, 0.3) is 0 Å². The van der Waals surface area contributed by atoms with Gasteiger partial charge in [0.1, 0.15) is 22.0 Å². The van der Waals surface area contributed by atoms with E-state index in [1.165, 1.54) is 4.90 Å². The number of fused-ring (bicyclic) bond motifs is 1. The van der Waals surface area contributed by atoms with E-state index in [9.17, 15) is 24.0 Å². The summed E-state index contributed by atoms with van der Waals surface area (Å²) in [4.78, 5) is 66.9. The lowest BCUT2D eigenvalue weighted by molar-refractivity contribution is -0.143. The van der Waals surface area contributed by atoms with E-state index < -0.39 is 73.9 Å². The van der Waals surface area contributed by atoms with Gasteiger partial charge in [-0.1, -0.05) is 46.5 Å². The third kappa shape index (κ3) is 5.55. The molecule has 4 N–H and O–H groups in total. The molecule has 230 valence electrons. The van der Waals surface area contributed by atoms with Crippen LogP contribution in [0.4, 0.5) is 4.79 Å². The molecule has 1 saturated heterocycles. The van der Waals surface area contributed by atoms with Gasteiger partial charge in [-0.25, -0.2) is 4.79 Å². The molecule has 0 aromatic rings. The van der Waals surface area contributed by atoms with Gasteiger partial charge < -0.3 is 26.0 Å². The van der Waals surface area contributed by atoms with Gasteiger partial charge in [0.2, 0.25) is 17.6 Å². The van der Waals surface area contributed by atoms with Gasteiger partial charge in [-0.05, 0) is 57.8 Å². The Morgan fingerprint density at radius 1 is 0.976 bits per heavy atom. The van der Waals surface area contributed by atoms with Crippen molar-refractivity contribution in [3.63, 3.8) is 0 Å². The van der Waals surface area contributed by atoms with Crippen LogP contribution in [-0.2, 0) is 23.9 Å². The third-order valence-corrected chi connectivity index (χ3v) is 11.1. The summed E-state index contributed by atoms with van der Waals surface area (Å²) in [6.45, 7) is 10.7. The van der Waals surface area contributed by atoms with E-state index in [1.807, 2.05) is 20.8 Å². The van der Waals surface area contributed by atoms with Crippen LogP contribution in [0.3, 0.4) is 0 Å². The quantitative estimate of drug-likeness (QED) is 0.281. The molecule has 3 aliphatic carbocycles. The minimum Gasteiger partial charge on any atom is -0.444 e. The molecule has 10 nitrogen and oxygen atoms in total. The van der Waals surface area contributed by atoms with Gasteiger partial charge in [0.05, 0.1) is 6.04 Å². The van der Waals surface area contributed by atoms with Gasteiger partial charge in [-0.3, -0.25) is 19.2 Å². The fourth-order valence-electron chi connectivity index (χ4n) is 6.98. The fourth-order valence-corrected chi connectivity index (χ4v) is 8.26. The van der Waals surface area contributed by atoms with E-state index in [0.717, 1.165) is 38.5 Å². The highest BCUT2D eigenvalue weighted by atomic mass is 35.5. The van der Waals surface area contributed by atoms with Gasteiger partial charge in [0, 0.05) is 17.4 Å². The lowest BCUT2D eigenvalue weighted by atomic mass is 9.74. The number of primary amides is 1. The molecule has 4 fully saturated rings. The summed E-state index contributed by atoms with van der Waals surface area (Å²) in [6.07, 6.45) is 5.14. The molecule has 0 aromatic heterocycles. The zero-order chi connectivity index (χ0) is 30.8. The molecule has 0 radical (unpaired) electrons. The van der Waals surface area contributed by atoms with Crippen molar-refractivity contribution in [2.75, 3.05) is 6.54 Å². The number of rotatable bonds is 8. The number of hydrogen-bond acceptors (Lipinski definition) is 6. The van der Waals surface area contributed by atoms with Gasteiger partial charge in [-0.15, -0.1) is 23.2 Å². The highest BCUT2D eigenvalue weighted by Crippen LogP contribution is 2.87. The number of halogens is 2. The van der Waals surface area contributed by atoms with Crippen LogP contribution in [0.5, 0.6) is 0 Å². The van der Waals surface area contributed by atoms with Crippen molar-refractivity contribution in [1.82, 2.24) is 15.5 Å². The molecule has 1 unspecified atom stereocenters. The number of ether oxygens (including phenoxy) is 1. The highest BCUT2D eigenvalue weighted by molar-refractivity contribution is 6.52. The molecule has 41 heavy (non-hydrogen) atoms. The average molecular weight is 616 g/mol. The second kappa shape index (κ2) is 10.6. The molecular formula is C29H44Cl2N4O6. The molecule has 1 aliphatic heterocycles. The van der Waals surface area contributed by atoms with Crippen LogP contribution in [0.15, 0.2) is 0 Å². The Morgan fingerprint density at radius 3 is 2.00 bits per heavy atom. The first kappa shape index (κ1) is 31.9. The second-order valence-electron chi connectivity index (χ2n) is 14.5. The summed E-state index contributed by atoms with van der Waals surface area (Å²) in [6, 6.07) is -3.11. The molecule has 4 atom stereocenters. The number of likely N-dealkylation sites (tertiary alicyclic amines) is 1. The SMILES string of the molecule is CC(C)(C)OC(=O)N[C@H](C(=O)N1C[C@]2(C[C@H]1C(=O)NC(CC1CCC1)C(=O)C(N)=O)C(Cl)(Cl)C21CCC1)C(C)(C)C. The number of carbonyl (C=O) groups excluding carboxylic acids is 5. The number of amides is 4. The number of Topliss-reactive ketones (excluding diaryl/α,β-unsaturated/α-hetero) is 1. The van der Waals surface area contributed by atoms with Gasteiger partial charge in [0.15, 0.2) is 0 Å². The first-order chi connectivity index (χ1) is 18.8. The maximum Gasteiger partial charge on any atom is 0.408 e. The number of alkyl halides is 2. The Bertz CT molecular complexity index is 1120. The van der Waals surface area contributed by atoms with Crippen molar-refractivity contribution < 1.29 is 28.7 Å². The molecule has 4 amide bonds. The zero-order valence-electron chi connectivity index (χ0n) is 24.9. The number of hydrogen-bond donors (Lipinski definition) is 3. The molecule has 4 rings (SSSR count). The number of ketones is 1. The summed E-state index contributed by atoms with van der Waals surface area (Å²) in [5.41, 5.74) is 2.69. The highest BCUT2D eigenvalue weighted by Gasteiger charge is 2.89. The van der Waals surface area contributed by atoms with E-state index >= 15 is 0 Å². The van der Waals surface area contributed by atoms with Crippen molar-refractivity contribution >= 4 is 52.8 Å². The minimum absolute atomic E-state index is 0.135. The predicted molar refractivity (Wildman–Crippen MR) is 154 cm³/mol. The monoisotopic (exact) mass is 614 g/mol. The average Bonchev–Trinajstić information content (AvgIpc) is 3.01. The van der Waals surface area contributed by atoms with Crippen LogP contribution in [-0.4, -0.2) is 69.1 Å². The lowest BCUT2D eigenvalue weighted by Crippen LogP contribution is -2.59. The van der Waals surface area contributed by atoms with Crippen LogP contribution >= 0.6 is 23.2 Å². The summed E-state index contributed by atoms with van der Waals surface area (Å²) < 4.78 is 4.31. The molecular weight excluding hydrogens is 571 g/mol. The normalized spacial score (nSPS) is 27.8. The molecule has 2 spiro atoms. The molecule has 3 saturated carbocycles. The van der Waals surface area contributed by atoms with Gasteiger partial charge in [0.25, 0.3) is 5.91 Å². The first-order valence-corrected chi connectivity index (χ1v) is 15.3. The van der Waals surface area contributed by atoms with Crippen LogP contribution in [0, 0.1) is 22.2 Å². The first-order valence-electron chi connectivity index (χ1n) is 14.6. The summed E-state index contributed by atoms with van der Waals surface area (Å²) >= 11 is 13.8. The van der Waals surface area contributed by atoms with Crippen LogP contribution in [0.1, 0.15) is 92.9 Å². The number of nitrogens with two attached hydrogens (primary N) is 1. The third-order valence-electron chi connectivity index (χ3n) is 9.65. The lowest BCUT2D eigenvalue weighted by Gasteiger charge is -2.36. The van der Waals surface area contributed by atoms with Crippen LogP contribution in [0.2, 0.25) is 0 Å². The van der Waals surface area contributed by atoms with E-state index in [1.54, 1.807) is 20.8 Å². The molecule has 0 bridgehead atoms. The van der Waals surface area contributed by atoms with E-state index in [4.69, 9.17) is 33.7 Å². The number of nitrogens with one attached hydrogen (secondary N) is 2. The Kier molecular flexibility index (Phi) is 8.22. The zero-order valence-corrected chi connectivity index (χ0v) is 26.4. The van der Waals surface area contributed by atoms with Crippen LogP contribution < -0.4 is 16.4 Å². The van der Waals surface area contributed by atoms with E-state index in [-0.39, 0.29) is 18.9 Å². The van der Waals surface area contributed by atoms with E-state index in [0.29, 0.717) is 6.42 Å². The molecule has 12 heteroatoms. The van der Waals surface area contributed by atoms with Crippen molar-refractivity contribution in [1.29, 1.82) is 0 Å². The topological polar surface area (TPSA) is 148 Å².